The van der Waals surface area contributed by atoms with Crippen LogP contribution in [0.2, 0.25) is 0 Å². The molecular formula is C54H36N2. The van der Waals surface area contributed by atoms with Crippen molar-refractivity contribution in [3.05, 3.63) is 218 Å². The van der Waals surface area contributed by atoms with Crippen LogP contribution in [0.5, 0.6) is 0 Å². The highest BCUT2D eigenvalue weighted by Gasteiger charge is 2.21. The number of fused-ring (bicyclic) bond motifs is 6. The van der Waals surface area contributed by atoms with Gasteiger partial charge in [0, 0.05) is 32.9 Å². The molecule has 2 heterocycles. The summed E-state index contributed by atoms with van der Waals surface area (Å²) in [5.74, 6) is 0. The van der Waals surface area contributed by atoms with Gasteiger partial charge < -0.3 is 9.13 Å². The van der Waals surface area contributed by atoms with E-state index >= 15 is 0 Å². The molecule has 2 heteroatoms. The SMILES string of the molecule is c1ccc(-c2cccc(-c3cccc(-n4c5ccccc5c5c(-c6cccc7c6c6ccccc6n7-c6cccc(-c7ccccc7)c6)cccc54)c3)c2)cc1. The lowest BCUT2D eigenvalue weighted by molar-refractivity contribution is 1.18. The van der Waals surface area contributed by atoms with E-state index in [2.05, 4.69) is 228 Å². The molecule has 0 amide bonds. The Morgan fingerprint density at radius 1 is 0.232 bits per heavy atom. The molecule has 262 valence electrons. The number of benzene rings is 9. The zero-order valence-electron chi connectivity index (χ0n) is 30.7. The number of rotatable bonds is 6. The van der Waals surface area contributed by atoms with Gasteiger partial charge in [0.25, 0.3) is 0 Å². The van der Waals surface area contributed by atoms with E-state index in [4.69, 9.17) is 0 Å². The van der Waals surface area contributed by atoms with Crippen molar-refractivity contribution in [2.45, 2.75) is 0 Å². The van der Waals surface area contributed by atoms with E-state index in [-0.39, 0.29) is 0 Å². The van der Waals surface area contributed by atoms with Crippen LogP contribution in [0.1, 0.15) is 0 Å². The average molecular weight is 713 g/mol. The molecule has 0 radical (unpaired) electrons. The van der Waals surface area contributed by atoms with Crippen LogP contribution in [0.15, 0.2) is 218 Å². The lowest BCUT2D eigenvalue weighted by atomic mass is 9.95. The van der Waals surface area contributed by atoms with E-state index in [1.54, 1.807) is 0 Å². The van der Waals surface area contributed by atoms with Crippen molar-refractivity contribution in [1.82, 2.24) is 9.13 Å². The van der Waals surface area contributed by atoms with Crippen molar-refractivity contribution in [2.75, 3.05) is 0 Å². The van der Waals surface area contributed by atoms with E-state index < -0.39 is 0 Å². The van der Waals surface area contributed by atoms with Gasteiger partial charge in [-0.2, -0.15) is 0 Å². The first-order valence-corrected chi connectivity index (χ1v) is 19.3. The Morgan fingerprint density at radius 2 is 0.571 bits per heavy atom. The van der Waals surface area contributed by atoms with Gasteiger partial charge in [0.05, 0.1) is 22.1 Å². The fourth-order valence-electron chi connectivity index (χ4n) is 8.83. The molecular weight excluding hydrogens is 677 g/mol. The van der Waals surface area contributed by atoms with Crippen molar-refractivity contribution in [3.8, 4) is 55.9 Å². The molecule has 0 spiro atoms. The van der Waals surface area contributed by atoms with Gasteiger partial charge >= 0.3 is 0 Å². The maximum atomic E-state index is 2.44. The normalized spacial score (nSPS) is 11.6. The quantitative estimate of drug-likeness (QED) is 0.162. The number of hydrogen-bond acceptors (Lipinski definition) is 0. The van der Waals surface area contributed by atoms with Gasteiger partial charge in [-0.25, -0.2) is 0 Å². The zero-order valence-corrected chi connectivity index (χ0v) is 30.7. The third-order valence-electron chi connectivity index (χ3n) is 11.3. The molecule has 0 unspecified atom stereocenters. The van der Waals surface area contributed by atoms with Crippen molar-refractivity contribution in [3.63, 3.8) is 0 Å². The Labute approximate surface area is 325 Å². The third-order valence-corrected chi connectivity index (χ3v) is 11.3. The van der Waals surface area contributed by atoms with Gasteiger partial charge in [-0.05, 0) is 99.1 Å². The summed E-state index contributed by atoms with van der Waals surface area (Å²) in [5, 5.41) is 5.01. The molecule has 0 saturated carbocycles. The first-order valence-electron chi connectivity index (χ1n) is 19.3. The Balaban J connectivity index is 1.11. The molecule has 0 aliphatic rings. The second-order valence-corrected chi connectivity index (χ2v) is 14.5. The summed E-state index contributed by atoms with van der Waals surface area (Å²) < 4.78 is 4.87. The minimum Gasteiger partial charge on any atom is -0.309 e. The van der Waals surface area contributed by atoms with Crippen LogP contribution in [-0.2, 0) is 0 Å². The second kappa shape index (κ2) is 13.2. The van der Waals surface area contributed by atoms with E-state index in [1.807, 2.05) is 0 Å². The predicted octanol–water partition coefficient (Wildman–Crippen LogP) is 14.5. The summed E-state index contributed by atoms with van der Waals surface area (Å²) in [7, 11) is 0. The average Bonchev–Trinajstić information content (AvgIpc) is 3.81. The van der Waals surface area contributed by atoms with E-state index in [0.29, 0.717) is 0 Å². The van der Waals surface area contributed by atoms with Gasteiger partial charge in [-0.15, -0.1) is 0 Å². The van der Waals surface area contributed by atoms with Crippen molar-refractivity contribution < 1.29 is 0 Å². The maximum Gasteiger partial charge on any atom is 0.0547 e. The molecule has 11 aromatic rings. The largest absolute Gasteiger partial charge is 0.309 e. The van der Waals surface area contributed by atoms with Gasteiger partial charge in [0.2, 0.25) is 0 Å². The molecule has 11 rings (SSSR count). The topological polar surface area (TPSA) is 9.86 Å². The third kappa shape index (κ3) is 5.19. The van der Waals surface area contributed by atoms with Gasteiger partial charge in [-0.3, -0.25) is 0 Å². The predicted molar refractivity (Wildman–Crippen MR) is 237 cm³/mol. The fraction of sp³-hybridized carbons (Fsp3) is 0. The summed E-state index contributed by atoms with van der Waals surface area (Å²) in [4.78, 5) is 0. The van der Waals surface area contributed by atoms with Crippen LogP contribution in [0.25, 0.3) is 99.5 Å². The van der Waals surface area contributed by atoms with Crippen LogP contribution in [0, 0.1) is 0 Å². The summed E-state index contributed by atoms with van der Waals surface area (Å²) in [6, 6.07) is 79.3. The second-order valence-electron chi connectivity index (χ2n) is 14.5. The van der Waals surface area contributed by atoms with E-state index in [0.717, 1.165) is 11.4 Å². The van der Waals surface area contributed by atoms with Crippen LogP contribution >= 0.6 is 0 Å². The molecule has 0 atom stereocenters. The highest BCUT2D eigenvalue weighted by Crippen LogP contribution is 2.44. The number of nitrogens with zero attached hydrogens (tertiary/aromatic N) is 2. The smallest absolute Gasteiger partial charge is 0.0547 e. The summed E-state index contributed by atoms with van der Waals surface area (Å²) in [6.07, 6.45) is 0. The first kappa shape index (κ1) is 32.0. The molecule has 0 fully saturated rings. The Kier molecular flexibility index (Phi) is 7.53. The first-order chi connectivity index (χ1) is 27.8. The van der Waals surface area contributed by atoms with Crippen LogP contribution in [-0.4, -0.2) is 9.13 Å². The molecule has 0 aliphatic heterocycles. The standard InChI is InChI=1S/C54H36N2/c1-3-16-37(17-4-1)39-20-11-21-40(34-39)42-23-13-25-44(36-42)56-50-31-10-8-27-48(50)54-46(29-15-33-52(54)56)45-28-14-32-51-53(45)47-26-7-9-30-49(47)55(51)43-24-12-22-41(35-43)38-18-5-2-6-19-38/h1-36H. The van der Waals surface area contributed by atoms with Crippen molar-refractivity contribution >= 4 is 43.6 Å². The molecule has 56 heavy (non-hydrogen) atoms. The molecule has 0 aliphatic carbocycles. The van der Waals surface area contributed by atoms with Gasteiger partial charge in [-0.1, -0.05) is 164 Å². The highest BCUT2D eigenvalue weighted by atomic mass is 15.0. The van der Waals surface area contributed by atoms with E-state index in [9.17, 15) is 0 Å². The molecule has 9 aromatic carbocycles. The Morgan fingerprint density at radius 3 is 1.07 bits per heavy atom. The van der Waals surface area contributed by atoms with Gasteiger partial charge in [0.15, 0.2) is 0 Å². The van der Waals surface area contributed by atoms with Crippen LogP contribution < -0.4 is 0 Å². The monoisotopic (exact) mass is 712 g/mol. The molecule has 2 aromatic heterocycles. The molecule has 0 N–H and O–H groups in total. The maximum absolute atomic E-state index is 2.44. The lowest BCUT2D eigenvalue weighted by Gasteiger charge is -2.12. The van der Waals surface area contributed by atoms with Crippen LogP contribution in [0.4, 0.5) is 0 Å². The minimum atomic E-state index is 1.14. The zero-order chi connectivity index (χ0) is 37.0. The molecule has 0 bridgehead atoms. The van der Waals surface area contributed by atoms with Crippen LogP contribution in [0.3, 0.4) is 0 Å². The lowest BCUT2D eigenvalue weighted by Crippen LogP contribution is -1.95. The molecule has 0 saturated heterocycles. The van der Waals surface area contributed by atoms with Crippen molar-refractivity contribution in [2.24, 2.45) is 0 Å². The summed E-state index contributed by atoms with van der Waals surface area (Å²) >= 11 is 0. The number of hydrogen-bond donors (Lipinski definition) is 0. The summed E-state index contributed by atoms with van der Waals surface area (Å²) in [5.41, 5.74) is 16.8. The van der Waals surface area contributed by atoms with Gasteiger partial charge in [0.1, 0.15) is 0 Å². The van der Waals surface area contributed by atoms with Crippen molar-refractivity contribution in [1.29, 1.82) is 0 Å². The minimum absolute atomic E-state index is 1.14. The Bertz CT molecular complexity index is 3240. The fourth-order valence-corrected chi connectivity index (χ4v) is 8.83. The highest BCUT2D eigenvalue weighted by molar-refractivity contribution is 6.22. The Hall–Kier alpha value is -7.42. The molecule has 2 nitrogen and oxygen atoms in total. The summed E-state index contributed by atoms with van der Waals surface area (Å²) in [6.45, 7) is 0. The van der Waals surface area contributed by atoms with E-state index in [1.165, 1.54) is 88.1 Å². The number of para-hydroxylation sites is 2. The number of aromatic nitrogens is 2.